The van der Waals surface area contributed by atoms with E-state index in [4.69, 9.17) is 4.74 Å². The highest BCUT2D eigenvalue weighted by atomic mass is 16.5. The normalized spacial score (nSPS) is 11.7. The van der Waals surface area contributed by atoms with Crippen LogP contribution in [0.25, 0.3) is 0 Å². The van der Waals surface area contributed by atoms with Crippen molar-refractivity contribution in [3.8, 4) is 0 Å². The molecule has 0 unspecified atom stereocenters. The quantitative estimate of drug-likeness (QED) is 0.426. The monoisotopic (exact) mass is 203 g/mol. The van der Waals surface area contributed by atoms with Crippen molar-refractivity contribution in [1.29, 1.82) is 0 Å². The molecule has 78 valence electrons. The van der Waals surface area contributed by atoms with Gasteiger partial charge in [-0.25, -0.2) is 4.99 Å². The molecular formula is C11H13N3O. The van der Waals surface area contributed by atoms with Crippen molar-refractivity contribution in [2.24, 2.45) is 9.98 Å². The lowest BCUT2D eigenvalue weighted by atomic mass is 10.3. The Bertz CT molecular complexity index is 382. The van der Waals surface area contributed by atoms with Gasteiger partial charge in [0.2, 0.25) is 0 Å². The lowest BCUT2D eigenvalue weighted by Gasteiger charge is -1.99. The van der Waals surface area contributed by atoms with Crippen LogP contribution in [0, 0.1) is 0 Å². The highest BCUT2D eigenvalue weighted by Gasteiger charge is 1.99. The van der Waals surface area contributed by atoms with Crippen LogP contribution in [0.2, 0.25) is 0 Å². The smallest absolute Gasteiger partial charge is 0.173 e. The summed E-state index contributed by atoms with van der Waals surface area (Å²) in [5, 5.41) is 0. The van der Waals surface area contributed by atoms with Crippen LogP contribution in [-0.2, 0) is 4.74 Å². The average molecular weight is 203 g/mol. The van der Waals surface area contributed by atoms with Gasteiger partial charge >= 0.3 is 0 Å². The fourth-order valence-electron chi connectivity index (χ4n) is 0.919. The van der Waals surface area contributed by atoms with Gasteiger partial charge < -0.3 is 4.74 Å². The number of amidine groups is 1. The Morgan fingerprint density at radius 2 is 2.33 bits per heavy atom. The third-order valence-electron chi connectivity index (χ3n) is 1.70. The minimum atomic E-state index is 0.479. The van der Waals surface area contributed by atoms with Crippen LogP contribution in [0.5, 0.6) is 0 Å². The van der Waals surface area contributed by atoms with Crippen molar-refractivity contribution in [2.75, 3.05) is 14.2 Å². The van der Waals surface area contributed by atoms with Crippen LogP contribution in [0.3, 0.4) is 0 Å². The Morgan fingerprint density at radius 1 is 1.53 bits per heavy atom. The van der Waals surface area contributed by atoms with E-state index in [-0.39, 0.29) is 0 Å². The van der Waals surface area contributed by atoms with E-state index < -0.39 is 0 Å². The molecule has 0 atom stereocenters. The second-order valence-corrected chi connectivity index (χ2v) is 2.69. The molecule has 0 saturated carbocycles. The van der Waals surface area contributed by atoms with E-state index in [0.29, 0.717) is 11.6 Å². The number of rotatable bonds is 3. The SMILES string of the molecule is C=C(/C=N\C(=N/C)c1ccccn1)OC. The molecule has 1 heterocycles. The van der Waals surface area contributed by atoms with Gasteiger partial charge in [0, 0.05) is 13.2 Å². The van der Waals surface area contributed by atoms with E-state index >= 15 is 0 Å². The number of pyridine rings is 1. The van der Waals surface area contributed by atoms with Gasteiger partial charge in [-0.05, 0) is 12.1 Å². The van der Waals surface area contributed by atoms with Gasteiger partial charge in [-0.3, -0.25) is 9.98 Å². The molecule has 4 heteroatoms. The van der Waals surface area contributed by atoms with Crippen LogP contribution in [0.4, 0.5) is 0 Å². The Morgan fingerprint density at radius 3 is 2.87 bits per heavy atom. The number of hydrogen-bond donors (Lipinski definition) is 0. The Hall–Kier alpha value is -1.97. The first kappa shape index (κ1) is 11.1. The molecule has 1 aromatic rings. The van der Waals surface area contributed by atoms with Gasteiger partial charge in [-0.15, -0.1) is 0 Å². The number of allylic oxidation sites excluding steroid dienone is 1. The van der Waals surface area contributed by atoms with Crippen molar-refractivity contribution in [2.45, 2.75) is 0 Å². The largest absolute Gasteiger partial charge is 0.496 e. The maximum Gasteiger partial charge on any atom is 0.173 e. The number of ether oxygens (including phenoxy) is 1. The Labute approximate surface area is 89.1 Å². The molecule has 4 nitrogen and oxygen atoms in total. The van der Waals surface area contributed by atoms with E-state index in [1.807, 2.05) is 18.2 Å². The highest BCUT2D eigenvalue weighted by Crippen LogP contribution is 1.98. The van der Waals surface area contributed by atoms with Gasteiger partial charge in [-0.1, -0.05) is 12.6 Å². The fourth-order valence-corrected chi connectivity index (χ4v) is 0.919. The molecule has 0 fully saturated rings. The summed E-state index contributed by atoms with van der Waals surface area (Å²) in [6.45, 7) is 3.63. The molecule has 0 aliphatic heterocycles. The molecule has 0 amide bonds. The van der Waals surface area contributed by atoms with Gasteiger partial charge in [0.15, 0.2) is 5.84 Å². The first-order valence-corrected chi connectivity index (χ1v) is 4.43. The minimum absolute atomic E-state index is 0.479. The summed E-state index contributed by atoms with van der Waals surface area (Å²) in [4.78, 5) is 12.3. The zero-order chi connectivity index (χ0) is 11.1. The summed E-state index contributed by atoms with van der Waals surface area (Å²) in [6, 6.07) is 5.57. The molecule has 0 aliphatic carbocycles. The van der Waals surface area contributed by atoms with E-state index in [1.54, 1.807) is 13.2 Å². The summed E-state index contributed by atoms with van der Waals surface area (Å²) in [6.07, 6.45) is 3.21. The molecule has 1 aromatic heterocycles. The van der Waals surface area contributed by atoms with Crippen molar-refractivity contribution in [1.82, 2.24) is 4.98 Å². The van der Waals surface area contributed by atoms with Crippen molar-refractivity contribution in [3.63, 3.8) is 0 Å². The van der Waals surface area contributed by atoms with Gasteiger partial charge in [-0.2, -0.15) is 0 Å². The number of nitrogens with zero attached hydrogens (tertiary/aromatic N) is 3. The lowest BCUT2D eigenvalue weighted by Crippen LogP contribution is -2.01. The average Bonchev–Trinajstić information content (AvgIpc) is 2.31. The highest BCUT2D eigenvalue weighted by molar-refractivity contribution is 6.03. The van der Waals surface area contributed by atoms with Crippen LogP contribution < -0.4 is 0 Å². The topological polar surface area (TPSA) is 46.8 Å². The van der Waals surface area contributed by atoms with Crippen LogP contribution in [0.15, 0.2) is 46.7 Å². The fraction of sp³-hybridized carbons (Fsp3) is 0.182. The summed E-state index contributed by atoms with van der Waals surface area (Å²) in [5.74, 6) is 1.03. The summed E-state index contributed by atoms with van der Waals surface area (Å²) >= 11 is 0. The minimum Gasteiger partial charge on any atom is -0.496 e. The maximum absolute atomic E-state index is 4.86. The molecule has 0 aliphatic rings. The second-order valence-electron chi connectivity index (χ2n) is 2.69. The zero-order valence-corrected chi connectivity index (χ0v) is 8.84. The predicted octanol–water partition coefficient (Wildman–Crippen LogP) is 1.69. The maximum atomic E-state index is 4.86. The Kier molecular flexibility index (Phi) is 4.22. The molecule has 0 spiro atoms. The van der Waals surface area contributed by atoms with Gasteiger partial charge in [0.25, 0.3) is 0 Å². The summed E-state index contributed by atoms with van der Waals surface area (Å²) < 4.78 is 4.86. The van der Waals surface area contributed by atoms with Gasteiger partial charge in [0.1, 0.15) is 11.5 Å². The van der Waals surface area contributed by atoms with E-state index in [9.17, 15) is 0 Å². The van der Waals surface area contributed by atoms with Crippen molar-refractivity contribution < 1.29 is 4.74 Å². The summed E-state index contributed by atoms with van der Waals surface area (Å²) in [5.41, 5.74) is 0.722. The van der Waals surface area contributed by atoms with Crippen LogP contribution in [-0.4, -0.2) is 31.2 Å². The first-order chi connectivity index (χ1) is 7.27. The van der Waals surface area contributed by atoms with Crippen LogP contribution in [0.1, 0.15) is 5.69 Å². The van der Waals surface area contributed by atoms with E-state index in [1.165, 1.54) is 13.3 Å². The number of aliphatic imine (C=N–C) groups is 2. The molecule has 1 rings (SSSR count). The molecule has 0 aromatic carbocycles. The first-order valence-electron chi connectivity index (χ1n) is 4.43. The molecule has 0 bridgehead atoms. The second kappa shape index (κ2) is 5.70. The van der Waals surface area contributed by atoms with Crippen molar-refractivity contribution >= 4 is 12.1 Å². The number of aromatic nitrogens is 1. The van der Waals surface area contributed by atoms with Crippen LogP contribution >= 0.6 is 0 Å². The molecule has 15 heavy (non-hydrogen) atoms. The molecule has 0 N–H and O–H groups in total. The van der Waals surface area contributed by atoms with E-state index in [0.717, 1.165) is 5.69 Å². The zero-order valence-electron chi connectivity index (χ0n) is 8.84. The third kappa shape index (κ3) is 3.34. The van der Waals surface area contributed by atoms with Gasteiger partial charge in [0.05, 0.1) is 13.3 Å². The standard InChI is InChI=1S/C11H13N3O/c1-9(15-3)8-14-11(12-2)10-6-4-5-7-13-10/h4-8H,1H2,2-3H3/b12-11-,14-8-. The number of hydrogen-bond acceptors (Lipinski definition) is 3. The molecule has 0 saturated heterocycles. The van der Waals surface area contributed by atoms with Crippen molar-refractivity contribution in [3.05, 3.63) is 42.4 Å². The molecule has 0 radical (unpaired) electrons. The predicted molar refractivity (Wildman–Crippen MR) is 61.3 cm³/mol. The Balaban J connectivity index is 2.84. The third-order valence-corrected chi connectivity index (χ3v) is 1.70. The number of methoxy groups -OCH3 is 1. The molecular weight excluding hydrogens is 190 g/mol. The lowest BCUT2D eigenvalue weighted by molar-refractivity contribution is 0.319. The summed E-state index contributed by atoms with van der Waals surface area (Å²) in [7, 11) is 3.20. The van der Waals surface area contributed by atoms with E-state index in [2.05, 4.69) is 21.5 Å².